The number of piperazine rings is 1. The number of esters is 1. The highest BCUT2D eigenvalue weighted by molar-refractivity contribution is 7.93. The van der Waals surface area contributed by atoms with Gasteiger partial charge in [-0.2, -0.15) is 0 Å². The third-order valence-electron chi connectivity index (χ3n) is 3.82. The lowest BCUT2D eigenvalue weighted by molar-refractivity contribution is -0.120. The minimum Gasteiger partial charge on any atom is -0.465 e. The van der Waals surface area contributed by atoms with Crippen molar-refractivity contribution in [3.63, 3.8) is 0 Å². The number of nitrogens with zero attached hydrogens (tertiary/aromatic N) is 1. The first-order valence-electron chi connectivity index (χ1n) is 7.71. The summed E-state index contributed by atoms with van der Waals surface area (Å²) in [6.45, 7) is 1.19. The van der Waals surface area contributed by atoms with Gasteiger partial charge in [-0.3, -0.25) is 9.52 Å². The molecule has 1 aliphatic heterocycles. The summed E-state index contributed by atoms with van der Waals surface area (Å²) in [6.07, 6.45) is 0. The molecular formula is C16H17N3O5S2. The van der Waals surface area contributed by atoms with Gasteiger partial charge in [0, 0.05) is 13.1 Å². The van der Waals surface area contributed by atoms with Gasteiger partial charge in [0.2, 0.25) is 5.91 Å². The summed E-state index contributed by atoms with van der Waals surface area (Å²) in [5.74, 6) is -0.832. The van der Waals surface area contributed by atoms with Gasteiger partial charge in [-0.05, 0) is 23.6 Å². The van der Waals surface area contributed by atoms with E-state index in [0.717, 1.165) is 11.3 Å². The molecule has 1 aromatic heterocycles. The zero-order valence-electron chi connectivity index (χ0n) is 13.9. The molecule has 3 rings (SSSR count). The molecule has 2 N–H and O–H groups in total. The Morgan fingerprint density at radius 3 is 2.81 bits per heavy atom. The number of para-hydroxylation sites is 2. The maximum atomic E-state index is 12.8. The lowest BCUT2D eigenvalue weighted by Crippen LogP contribution is -2.47. The van der Waals surface area contributed by atoms with Gasteiger partial charge in [-0.25, -0.2) is 13.2 Å². The zero-order valence-corrected chi connectivity index (χ0v) is 15.5. The molecule has 0 unspecified atom stereocenters. The number of methoxy groups -OCH3 is 1. The van der Waals surface area contributed by atoms with Gasteiger partial charge in [0.15, 0.2) is 0 Å². The summed E-state index contributed by atoms with van der Waals surface area (Å²) in [5.41, 5.74) is 0.935. The molecule has 1 aliphatic rings. The minimum atomic E-state index is -4.00. The van der Waals surface area contributed by atoms with E-state index in [1.807, 2.05) is 0 Å². The number of hydrogen-bond donors (Lipinski definition) is 2. The van der Waals surface area contributed by atoms with Crippen LogP contribution in [0.15, 0.2) is 40.6 Å². The molecule has 1 amide bonds. The number of carbonyl (C=O) groups is 2. The van der Waals surface area contributed by atoms with Crippen LogP contribution in [0.1, 0.15) is 9.67 Å². The second-order valence-corrected chi connectivity index (χ2v) is 8.07. The zero-order chi connectivity index (χ0) is 18.7. The molecule has 0 saturated carbocycles. The lowest BCUT2D eigenvalue weighted by Gasteiger charge is -2.30. The molecule has 2 heterocycles. The number of hydrogen-bond acceptors (Lipinski definition) is 7. The summed E-state index contributed by atoms with van der Waals surface area (Å²) < 4.78 is 32.7. The summed E-state index contributed by atoms with van der Waals surface area (Å²) in [6, 6.07) is 8.18. The van der Waals surface area contributed by atoms with E-state index in [1.165, 1.54) is 18.6 Å². The fourth-order valence-electron chi connectivity index (χ4n) is 2.63. The Morgan fingerprint density at radius 2 is 2.08 bits per heavy atom. The fourth-order valence-corrected chi connectivity index (χ4v) is 5.04. The molecule has 0 spiro atoms. The molecule has 26 heavy (non-hydrogen) atoms. The van der Waals surface area contributed by atoms with Crippen LogP contribution in [0, 0.1) is 0 Å². The highest BCUT2D eigenvalue weighted by Crippen LogP contribution is 2.30. The average molecular weight is 395 g/mol. The third kappa shape index (κ3) is 3.65. The molecule has 0 atom stereocenters. The van der Waals surface area contributed by atoms with E-state index in [1.54, 1.807) is 29.2 Å². The van der Waals surface area contributed by atoms with E-state index in [9.17, 15) is 18.0 Å². The second-order valence-electron chi connectivity index (χ2n) is 5.50. The van der Waals surface area contributed by atoms with E-state index in [2.05, 4.69) is 14.8 Å². The van der Waals surface area contributed by atoms with Crippen molar-refractivity contribution < 1.29 is 22.7 Å². The molecule has 1 saturated heterocycles. The fraction of sp³-hybridized carbons (Fsp3) is 0.250. The Hall–Kier alpha value is -2.59. The molecule has 0 radical (unpaired) electrons. The van der Waals surface area contributed by atoms with E-state index in [4.69, 9.17) is 0 Å². The lowest BCUT2D eigenvalue weighted by atomic mass is 10.2. The van der Waals surface area contributed by atoms with Crippen molar-refractivity contribution in [3.05, 3.63) is 40.6 Å². The number of amides is 1. The van der Waals surface area contributed by atoms with Crippen molar-refractivity contribution in [1.29, 1.82) is 0 Å². The quantitative estimate of drug-likeness (QED) is 0.739. The van der Waals surface area contributed by atoms with E-state index in [-0.39, 0.29) is 22.2 Å². The Balaban J connectivity index is 1.93. The van der Waals surface area contributed by atoms with Crippen LogP contribution in [0.2, 0.25) is 0 Å². The van der Waals surface area contributed by atoms with E-state index in [0.29, 0.717) is 24.5 Å². The van der Waals surface area contributed by atoms with Crippen LogP contribution >= 0.6 is 11.3 Å². The number of sulfonamides is 1. The van der Waals surface area contributed by atoms with Gasteiger partial charge in [0.1, 0.15) is 9.77 Å². The first-order valence-corrected chi connectivity index (χ1v) is 10.1. The Labute approximate surface area is 154 Å². The average Bonchev–Trinajstić information content (AvgIpc) is 3.12. The van der Waals surface area contributed by atoms with Crippen LogP contribution in [0.25, 0.3) is 0 Å². The Bertz CT molecular complexity index is 939. The normalized spacial score (nSPS) is 14.7. The van der Waals surface area contributed by atoms with Crippen molar-refractivity contribution in [1.82, 2.24) is 5.32 Å². The predicted molar refractivity (Wildman–Crippen MR) is 98.1 cm³/mol. The largest absolute Gasteiger partial charge is 0.465 e. The number of ether oxygens (including phenoxy) is 1. The van der Waals surface area contributed by atoms with Gasteiger partial charge < -0.3 is 15.0 Å². The molecule has 8 nitrogen and oxygen atoms in total. The first kappa shape index (κ1) is 18.2. The summed E-state index contributed by atoms with van der Waals surface area (Å²) >= 11 is 0.995. The van der Waals surface area contributed by atoms with E-state index < -0.39 is 16.0 Å². The smallest absolute Gasteiger partial charge is 0.349 e. The summed E-state index contributed by atoms with van der Waals surface area (Å²) in [4.78, 5) is 25.1. The topological polar surface area (TPSA) is 105 Å². The van der Waals surface area contributed by atoms with Crippen molar-refractivity contribution in [2.75, 3.05) is 36.4 Å². The van der Waals surface area contributed by atoms with Gasteiger partial charge in [0.05, 0.1) is 25.0 Å². The SMILES string of the molecule is COC(=O)c1sccc1S(=O)(=O)Nc1ccccc1N1CCNC(=O)C1. The van der Waals surface area contributed by atoms with Crippen molar-refractivity contribution in [3.8, 4) is 0 Å². The van der Waals surface area contributed by atoms with Crippen LogP contribution in [0.5, 0.6) is 0 Å². The number of anilines is 2. The maximum absolute atomic E-state index is 12.8. The van der Waals surface area contributed by atoms with Crippen LogP contribution < -0.4 is 14.9 Å². The number of nitrogens with one attached hydrogen (secondary N) is 2. The minimum absolute atomic E-state index is 0.00910. The molecule has 0 aliphatic carbocycles. The molecule has 138 valence electrons. The number of rotatable bonds is 5. The van der Waals surface area contributed by atoms with E-state index >= 15 is 0 Å². The standard InChI is InChI=1S/C16H17N3O5S2/c1-24-16(21)15-13(6-9-25-15)26(22,23)18-11-4-2-3-5-12(11)19-8-7-17-14(20)10-19/h2-6,9,18H,7-8,10H2,1H3,(H,17,20). The summed E-state index contributed by atoms with van der Waals surface area (Å²) in [5, 5.41) is 4.24. The molecule has 2 aromatic rings. The second kappa shape index (κ2) is 7.34. The third-order valence-corrected chi connectivity index (χ3v) is 6.25. The van der Waals surface area contributed by atoms with Gasteiger partial charge >= 0.3 is 5.97 Å². The molecule has 1 aromatic carbocycles. The van der Waals surface area contributed by atoms with Crippen molar-refractivity contribution in [2.45, 2.75) is 4.90 Å². The molecule has 10 heteroatoms. The monoisotopic (exact) mass is 395 g/mol. The van der Waals surface area contributed by atoms with Crippen LogP contribution in [0.4, 0.5) is 11.4 Å². The summed E-state index contributed by atoms with van der Waals surface area (Å²) in [7, 11) is -2.80. The van der Waals surface area contributed by atoms with Gasteiger partial charge in [-0.15, -0.1) is 11.3 Å². The highest BCUT2D eigenvalue weighted by Gasteiger charge is 2.26. The van der Waals surface area contributed by atoms with Crippen molar-refractivity contribution in [2.24, 2.45) is 0 Å². The maximum Gasteiger partial charge on any atom is 0.349 e. The predicted octanol–water partition coefficient (Wildman–Crippen LogP) is 1.27. The Kier molecular flexibility index (Phi) is 5.14. The van der Waals surface area contributed by atoms with Gasteiger partial charge in [0.25, 0.3) is 10.0 Å². The first-order chi connectivity index (χ1) is 12.4. The molecule has 1 fully saturated rings. The van der Waals surface area contributed by atoms with Crippen LogP contribution in [0.3, 0.4) is 0 Å². The molecular weight excluding hydrogens is 378 g/mol. The van der Waals surface area contributed by atoms with Crippen molar-refractivity contribution >= 4 is 44.6 Å². The van der Waals surface area contributed by atoms with Gasteiger partial charge in [-0.1, -0.05) is 12.1 Å². The number of thiophene rings is 1. The molecule has 0 bridgehead atoms. The van der Waals surface area contributed by atoms with Crippen LogP contribution in [-0.4, -0.2) is 47.0 Å². The van der Waals surface area contributed by atoms with Crippen LogP contribution in [-0.2, 0) is 19.6 Å². The highest BCUT2D eigenvalue weighted by atomic mass is 32.2. The number of benzene rings is 1. The Morgan fingerprint density at radius 1 is 1.31 bits per heavy atom. The number of carbonyl (C=O) groups excluding carboxylic acids is 2.